The van der Waals surface area contributed by atoms with Gasteiger partial charge in [-0.25, -0.2) is 0 Å². The van der Waals surface area contributed by atoms with Crippen molar-refractivity contribution < 1.29 is 4.74 Å². The summed E-state index contributed by atoms with van der Waals surface area (Å²) in [6.07, 6.45) is 6.15. The number of rotatable bonds is 7. The van der Waals surface area contributed by atoms with Crippen molar-refractivity contribution in [2.24, 2.45) is 0 Å². The summed E-state index contributed by atoms with van der Waals surface area (Å²) in [4.78, 5) is 2.54. The minimum atomic E-state index is 0.543. The second-order valence-corrected chi connectivity index (χ2v) is 7.58. The van der Waals surface area contributed by atoms with Crippen LogP contribution in [0.25, 0.3) is 11.1 Å². The molecule has 3 heterocycles. The van der Waals surface area contributed by atoms with Crippen molar-refractivity contribution in [3.63, 3.8) is 0 Å². The molecule has 4 rings (SSSR count). The monoisotopic (exact) mass is 367 g/mol. The lowest BCUT2D eigenvalue weighted by Crippen LogP contribution is -2.32. The van der Waals surface area contributed by atoms with Gasteiger partial charge in [-0.05, 0) is 53.9 Å². The number of ether oxygens (including phenoxy) is 1. The molecule has 0 saturated carbocycles. The summed E-state index contributed by atoms with van der Waals surface area (Å²) in [5.41, 5.74) is 3.43. The van der Waals surface area contributed by atoms with Gasteiger partial charge < -0.3 is 9.64 Å². The van der Waals surface area contributed by atoms with Gasteiger partial charge >= 0.3 is 0 Å². The van der Waals surface area contributed by atoms with E-state index < -0.39 is 0 Å². The van der Waals surface area contributed by atoms with E-state index >= 15 is 0 Å². The van der Waals surface area contributed by atoms with Gasteiger partial charge in [0.25, 0.3) is 0 Å². The lowest BCUT2D eigenvalue weighted by Gasteiger charge is -2.26. The molecule has 1 saturated heterocycles. The van der Waals surface area contributed by atoms with Crippen molar-refractivity contribution in [3.05, 3.63) is 58.9 Å². The molecule has 26 heavy (non-hydrogen) atoms. The summed E-state index contributed by atoms with van der Waals surface area (Å²) in [6.45, 7) is 4.95. The highest BCUT2D eigenvalue weighted by Gasteiger charge is 2.15. The normalized spacial score (nSPS) is 15.2. The first-order valence-electron chi connectivity index (χ1n) is 9.37. The van der Waals surface area contributed by atoms with E-state index in [9.17, 15) is 0 Å². The molecule has 0 N–H and O–H groups in total. The van der Waals surface area contributed by atoms with Gasteiger partial charge in [-0.3, -0.25) is 4.68 Å². The zero-order valence-electron chi connectivity index (χ0n) is 15.0. The van der Waals surface area contributed by atoms with Gasteiger partial charge in [0.05, 0.1) is 12.1 Å². The number of benzene rings is 1. The molecule has 0 unspecified atom stereocenters. The molecule has 5 heteroatoms. The Balaban J connectivity index is 1.47. The van der Waals surface area contributed by atoms with Crippen molar-refractivity contribution in [2.75, 3.05) is 19.6 Å². The first kappa shape index (κ1) is 17.3. The Morgan fingerprint density at radius 3 is 2.62 bits per heavy atom. The van der Waals surface area contributed by atoms with Gasteiger partial charge in [0.1, 0.15) is 6.61 Å². The van der Waals surface area contributed by atoms with Crippen LogP contribution in [0.3, 0.4) is 0 Å². The lowest BCUT2D eigenvalue weighted by molar-refractivity contribution is 0.216. The Hall–Kier alpha value is -2.11. The molecular weight excluding hydrogens is 342 g/mol. The summed E-state index contributed by atoms with van der Waals surface area (Å²) < 4.78 is 8.12. The van der Waals surface area contributed by atoms with Crippen LogP contribution in [0.2, 0.25) is 0 Å². The largest absolute Gasteiger partial charge is 0.471 e. The summed E-state index contributed by atoms with van der Waals surface area (Å²) in [5.74, 6) is 0.728. The van der Waals surface area contributed by atoms with Crippen LogP contribution in [-0.2, 0) is 13.2 Å². The van der Waals surface area contributed by atoms with Crippen LogP contribution in [0, 0.1) is 0 Å². The van der Waals surface area contributed by atoms with Crippen molar-refractivity contribution in [1.82, 2.24) is 14.7 Å². The SMILES string of the molecule is c1ccc(COc2nn(CCN3CCCCC3)cc2-c2ccsc2)cc1. The van der Waals surface area contributed by atoms with E-state index in [1.54, 1.807) is 11.3 Å². The molecular formula is C21H25N3OS. The fourth-order valence-corrected chi connectivity index (χ4v) is 4.05. The van der Waals surface area contributed by atoms with Crippen LogP contribution in [0.5, 0.6) is 5.88 Å². The Morgan fingerprint density at radius 2 is 1.85 bits per heavy atom. The predicted molar refractivity (Wildman–Crippen MR) is 107 cm³/mol. The van der Waals surface area contributed by atoms with Crippen LogP contribution >= 0.6 is 11.3 Å². The smallest absolute Gasteiger partial charge is 0.241 e. The van der Waals surface area contributed by atoms with Gasteiger partial charge in [-0.2, -0.15) is 11.3 Å². The van der Waals surface area contributed by atoms with E-state index in [4.69, 9.17) is 9.84 Å². The second-order valence-electron chi connectivity index (χ2n) is 6.80. The van der Waals surface area contributed by atoms with E-state index in [1.807, 2.05) is 22.9 Å². The molecule has 3 aromatic rings. The van der Waals surface area contributed by atoms with Crippen LogP contribution in [0.4, 0.5) is 0 Å². The molecule has 4 nitrogen and oxygen atoms in total. The first-order chi connectivity index (χ1) is 12.9. The highest BCUT2D eigenvalue weighted by atomic mass is 32.1. The molecule has 0 amide bonds. The molecule has 1 aromatic carbocycles. The van der Waals surface area contributed by atoms with Crippen molar-refractivity contribution in [2.45, 2.75) is 32.4 Å². The second kappa shape index (κ2) is 8.52. The summed E-state index contributed by atoms with van der Waals surface area (Å²) in [7, 11) is 0. The van der Waals surface area contributed by atoms with E-state index in [0.717, 1.165) is 30.1 Å². The molecule has 136 valence electrons. The van der Waals surface area contributed by atoms with Gasteiger partial charge in [-0.15, -0.1) is 5.10 Å². The summed E-state index contributed by atoms with van der Waals surface area (Å²) >= 11 is 1.70. The van der Waals surface area contributed by atoms with E-state index in [2.05, 4.69) is 40.1 Å². The average Bonchev–Trinajstić information content (AvgIpc) is 3.36. The molecule has 0 bridgehead atoms. The van der Waals surface area contributed by atoms with Crippen LogP contribution in [-0.4, -0.2) is 34.3 Å². The van der Waals surface area contributed by atoms with E-state index in [-0.39, 0.29) is 0 Å². The maximum Gasteiger partial charge on any atom is 0.241 e. The molecule has 0 radical (unpaired) electrons. The third kappa shape index (κ3) is 4.34. The summed E-state index contributed by atoms with van der Waals surface area (Å²) in [6, 6.07) is 12.4. The number of hydrogen-bond acceptors (Lipinski definition) is 4. The standard InChI is InChI=1S/C21H25N3OS/c1-3-7-18(8-4-1)16-25-21-20(19-9-14-26-17-19)15-24(22-21)13-12-23-10-5-2-6-11-23/h1,3-4,7-9,14-15,17H,2,5-6,10-13,16H2. The Morgan fingerprint density at radius 1 is 1.00 bits per heavy atom. The molecule has 0 atom stereocenters. The molecule has 2 aromatic heterocycles. The molecule has 1 aliphatic heterocycles. The van der Waals surface area contributed by atoms with Gasteiger partial charge in [0.15, 0.2) is 0 Å². The topological polar surface area (TPSA) is 30.3 Å². The predicted octanol–water partition coefficient (Wildman–Crippen LogP) is 4.68. The number of aromatic nitrogens is 2. The molecule has 0 spiro atoms. The third-order valence-corrected chi connectivity index (χ3v) is 5.56. The fraction of sp³-hybridized carbons (Fsp3) is 0.381. The number of nitrogens with zero attached hydrogens (tertiary/aromatic N) is 3. The summed E-state index contributed by atoms with van der Waals surface area (Å²) in [5, 5.41) is 8.99. The molecule has 1 fully saturated rings. The fourth-order valence-electron chi connectivity index (χ4n) is 3.39. The van der Waals surface area contributed by atoms with Crippen molar-refractivity contribution in [1.29, 1.82) is 0 Å². The third-order valence-electron chi connectivity index (χ3n) is 4.87. The zero-order valence-corrected chi connectivity index (χ0v) is 15.8. The Labute approximate surface area is 159 Å². The van der Waals surface area contributed by atoms with Gasteiger partial charge in [-0.1, -0.05) is 36.8 Å². The van der Waals surface area contributed by atoms with Crippen molar-refractivity contribution >= 4 is 11.3 Å². The van der Waals surface area contributed by atoms with Gasteiger partial charge in [0, 0.05) is 12.7 Å². The number of thiophene rings is 1. The van der Waals surface area contributed by atoms with E-state index in [0.29, 0.717) is 6.61 Å². The lowest BCUT2D eigenvalue weighted by atomic mass is 10.1. The Kier molecular flexibility index (Phi) is 5.67. The molecule has 0 aliphatic carbocycles. The van der Waals surface area contributed by atoms with Crippen molar-refractivity contribution in [3.8, 4) is 17.0 Å². The van der Waals surface area contributed by atoms with Crippen LogP contribution < -0.4 is 4.74 Å². The maximum atomic E-state index is 6.08. The average molecular weight is 368 g/mol. The minimum Gasteiger partial charge on any atom is -0.471 e. The minimum absolute atomic E-state index is 0.543. The highest BCUT2D eigenvalue weighted by Crippen LogP contribution is 2.31. The Bertz CT molecular complexity index is 792. The van der Waals surface area contributed by atoms with Crippen LogP contribution in [0.15, 0.2) is 53.4 Å². The maximum absolute atomic E-state index is 6.08. The van der Waals surface area contributed by atoms with Crippen LogP contribution in [0.1, 0.15) is 24.8 Å². The van der Waals surface area contributed by atoms with E-state index in [1.165, 1.54) is 37.9 Å². The quantitative estimate of drug-likeness (QED) is 0.607. The van der Waals surface area contributed by atoms with Gasteiger partial charge in [0.2, 0.25) is 5.88 Å². The first-order valence-corrected chi connectivity index (χ1v) is 10.3. The zero-order chi connectivity index (χ0) is 17.6. The number of hydrogen-bond donors (Lipinski definition) is 0. The highest BCUT2D eigenvalue weighted by molar-refractivity contribution is 7.08. The molecule has 1 aliphatic rings. The number of piperidine rings is 1. The number of likely N-dealkylation sites (tertiary alicyclic amines) is 1.